The van der Waals surface area contributed by atoms with Crippen molar-refractivity contribution in [2.24, 2.45) is 5.41 Å². The van der Waals surface area contributed by atoms with E-state index in [2.05, 4.69) is 53.5 Å². The molecule has 1 N–H and O–H groups in total. The van der Waals surface area contributed by atoms with Crippen molar-refractivity contribution >= 4 is 6.16 Å². The van der Waals surface area contributed by atoms with E-state index >= 15 is 0 Å². The first-order valence-electron chi connectivity index (χ1n) is 7.50. The van der Waals surface area contributed by atoms with Crippen LogP contribution in [0.5, 0.6) is 0 Å². The second-order valence-corrected chi connectivity index (χ2v) is 5.80. The number of ether oxygens (including phenoxy) is 1. The average Bonchev–Trinajstić information content (AvgIpc) is 2.45. The fourth-order valence-corrected chi connectivity index (χ4v) is 1.18. The van der Waals surface area contributed by atoms with Gasteiger partial charge in [-0.3, -0.25) is 0 Å². The molecule has 4 heteroatoms. The third kappa shape index (κ3) is 15.9. The summed E-state index contributed by atoms with van der Waals surface area (Å²) < 4.78 is 4.88. The third-order valence-corrected chi connectivity index (χ3v) is 2.20. The molecular weight excluding hydrogens is 278 g/mol. The molecule has 0 saturated carbocycles. The summed E-state index contributed by atoms with van der Waals surface area (Å²) in [6.45, 7) is 8.30. The zero-order valence-corrected chi connectivity index (χ0v) is 14.0. The van der Waals surface area contributed by atoms with Gasteiger partial charge >= 0.3 is 6.16 Å². The number of allylic oxidation sites excluding steroid dienone is 6. The minimum Gasteiger partial charge on any atom is -0.432 e. The fourth-order valence-electron chi connectivity index (χ4n) is 1.18. The van der Waals surface area contributed by atoms with Crippen molar-refractivity contribution in [3.05, 3.63) is 36.5 Å². The molecule has 22 heavy (non-hydrogen) atoms. The quantitative estimate of drug-likeness (QED) is 0.247. The summed E-state index contributed by atoms with van der Waals surface area (Å²) in [5, 5.41) is 0. The Hall–Kier alpha value is -2.15. The summed E-state index contributed by atoms with van der Waals surface area (Å²) in [4.78, 5) is 15.7. The van der Waals surface area contributed by atoms with Gasteiger partial charge in [0.1, 0.15) is 0 Å². The van der Waals surface area contributed by atoms with Gasteiger partial charge in [0.25, 0.3) is 0 Å². The maximum atomic E-state index is 11.2. The van der Waals surface area contributed by atoms with Crippen LogP contribution in [0.25, 0.3) is 0 Å². The maximum absolute atomic E-state index is 11.2. The molecule has 0 heterocycles. The molecule has 122 valence electrons. The van der Waals surface area contributed by atoms with E-state index in [0.29, 0.717) is 6.61 Å². The number of hydrogen-bond acceptors (Lipinski definition) is 4. The molecule has 0 amide bonds. The first kappa shape index (κ1) is 19.9. The zero-order chi connectivity index (χ0) is 16.7. The molecular formula is C18H27NO3. The number of carbonyl (C=O) groups excluding carboxylic acids is 1. The summed E-state index contributed by atoms with van der Waals surface area (Å²) in [6.07, 6.45) is 14.2. The Labute approximate surface area is 134 Å². The van der Waals surface area contributed by atoms with Crippen LogP contribution in [-0.4, -0.2) is 12.8 Å². The Kier molecular flexibility index (Phi) is 11.4. The fraction of sp³-hybridized carbons (Fsp3) is 0.500. The van der Waals surface area contributed by atoms with E-state index in [1.54, 1.807) is 6.08 Å². The predicted octanol–water partition coefficient (Wildman–Crippen LogP) is 4.51. The topological polar surface area (TPSA) is 47.6 Å². The third-order valence-electron chi connectivity index (χ3n) is 2.20. The molecule has 0 unspecified atom stereocenters. The van der Waals surface area contributed by atoms with Gasteiger partial charge in [0.2, 0.25) is 0 Å². The molecule has 0 rings (SSSR count). The Bertz CT molecular complexity index is 445. The van der Waals surface area contributed by atoms with Crippen molar-refractivity contribution in [2.75, 3.05) is 6.61 Å². The summed E-state index contributed by atoms with van der Waals surface area (Å²) >= 11 is 0. The first-order valence-corrected chi connectivity index (χ1v) is 7.50. The Balaban J connectivity index is 3.69. The number of rotatable bonds is 7. The monoisotopic (exact) mass is 305 g/mol. The van der Waals surface area contributed by atoms with E-state index < -0.39 is 6.16 Å². The Morgan fingerprint density at radius 1 is 1.09 bits per heavy atom. The largest absolute Gasteiger partial charge is 0.533 e. The van der Waals surface area contributed by atoms with Gasteiger partial charge < -0.3 is 9.57 Å². The van der Waals surface area contributed by atoms with Gasteiger partial charge in [0.05, 0.1) is 6.61 Å². The Morgan fingerprint density at radius 2 is 1.73 bits per heavy atom. The second-order valence-electron chi connectivity index (χ2n) is 5.80. The van der Waals surface area contributed by atoms with Crippen LogP contribution in [0, 0.1) is 17.4 Å². The van der Waals surface area contributed by atoms with Crippen LogP contribution in [0.4, 0.5) is 4.79 Å². The lowest BCUT2D eigenvalue weighted by Crippen LogP contribution is -2.22. The number of carbonyl (C=O) groups is 1. The van der Waals surface area contributed by atoms with Crippen molar-refractivity contribution < 1.29 is 14.4 Å². The van der Waals surface area contributed by atoms with Gasteiger partial charge in [0, 0.05) is 6.04 Å². The molecule has 0 aromatic carbocycles. The lowest BCUT2D eigenvalue weighted by atomic mass is 9.99. The first-order chi connectivity index (χ1) is 10.5. The van der Waals surface area contributed by atoms with Crippen LogP contribution in [0.15, 0.2) is 36.5 Å². The summed E-state index contributed by atoms with van der Waals surface area (Å²) in [5.41, 5.74) is 2.14. The predicted molar refractivity (Wildman–Crippen MR) is 89.7 cm³/mol. The summed E-state index contributed by atoms with van der Waals surface area (Å²) in [6, 6.07) is 2.49. The molecule has 0 fully saturated rings. The standard InChI is InChI=1S/C18H27NO3/c1-5-6-7-8-9-10-11-12-13-14-15-19-22-17(20)21-16-18(2,3)4/h6-7,9-10,12-13,19H,5,8,11,16H2,1-4H3/b7-6-,10-9-,13-12-. The molecule has 0 aromatic heterocycles. The number of hydroxylamine groups is 1. The highest BCUT2D eigenvalue weighted by Crippen LogP contribution is 2.12. The number of nitrogens with one attached hydrogen (secondary N) is 1. The Morgan fingerprint density at radius 3 is 2.36 bits per heavy atom. The molecule has 0 aliphatic rings. The molecule has 0 aromatic rings. The lowest BCUT2D eigenvalue weighted by Gasteiger charge is -2.16. The van der Waals surface area contributed by atoms with Crippen molar-refractivity contribution in [3.63, 3.8) is 0 Å². The van der Waals surface area contributed by atoms with E-state index in [9.17, 15) is 4.79 Å². The molecule has 0 radical (unpaired) electrons. The van der Waals surface area contributed by atoms with Gasteiger partial charge in [-0.25, -0.2) is 4.79 Å². The highest BCUT2D eigenvalue weighted by atomic mass is 16.8. The average molecular weight is 305 g/mol. The van der Waals surface area contributed by atoms with E-state index in [1.807, 2.05) is 26.8 Å². The smallest absolute Gasteiger partial charge is 0.432 e. The highest BCUT2D eigenvalue weighted by Gasteiger charge is 2.14. The van der Waals surface area contributed by atoms with Crippen molar-refractivity contribution in [2.45, 2.75) is 47.0 Å². The van der Waals surface area contributed by atoms with Crippen LogP contribution in [0.2, 0.25) is 0 Å². The lowest BCUT2D eigenvalue weighted by molar-refractivity contribution is 0.0148. The van der Waals surface area contributed by atoms with Gasteiger partial charge in [-0.2, -0.15) is 5.48 Å². The molecule has 0 saturated heterocycles. The van der Waals surface area contributed by atoms with Gasteiger partial charge in [-0.05, 0) is 36.7 Å². The second kappa shape index (κ2) is 12.6. The van der Waals surface area contributed by atoms with Gasteiger partial charge in [-0.1, -0.05) is 58.1 Å². The van der Waals surface area contributed by atoms with Crippen LogP contribution in [0.3, 0.4) is 0 Å². The van der Waals surface area contributed by atoms with Crippen molar-refractivity contribution in [3.8, 4) is 12.0 Å². The zero-order valence-electron chi connectivity index (χ0n) is 14.0. The number of hydrogen-bond donors (Lipinski definition) is 1. The molecule has 0 spiro atoms. The summed E-state index contributed by atoms with van der Waals surface area (Å²) in [5.74, 6) is 2.70. The highest BCUT2D eigenvalue weighted by molar-refractivity contribution is 5.59. The minimum absolute atomic E-state index is 0.0900. The molecule has 4 nitrogen and oxygen atoms in total. The van der Waals surface area contributed by atoms with Crippen molar-refractivity contribution in [1.29, 1.82) is 0 Å². The van der Waals surface area contributed by atoms with Crippen LogP contribution in [0.1, 0.15) is 47.0 Å². The maximum Gasteiger partial charge on any atom is 0.533 e. The molecule has 0 atom stereocenters. The van der Waals surface area contributed by atoms with E-state index in [1.165, 1.54) is 0 Å². The van der Waals surface area contributed by atoms with Gasteiger partial charge in [-0.15, -0.1) is 0 Å². The normalized spacial score (nSPS) is 11.6. The molecule has 0 aliphatic carbocycles. The summed E-state index contributed by atoms with van der Waals surface area (Å²) in [7, 11) is 0. The van der Waals surface area contributed by atoms with E-state index in [0.717, 1.165) is 19.3 Å². The van der Waals surface area contributed by atoms with E-state index in [4.69, 9.17) is 4.74 Å². The van der Waals surface area contributed by atoms with Gasteiger partial charge in [0.15, 0.2) is 0 Å². The molecule has 0 bridgehead atoms. The minimum atomic E-state index is -0.781. The van der Waals surface area contributed by atoms with Crippen molar-refractivity contribution in [1.82, 2.24) is 5.48 Å². The SMILES string of the molecule is CC/C=C\C/C=C\C/C=C\C#CNOC(=O)OCC(C)(C)C. The molecule has 0 aliphatic heterocycles. The van der Waals surface area contributed by atoms with Crippen LogP contribution < -0.4 is 5.48 Å². The van der Waals surface area contributed by atoms with E-state index in [-0.39, 0.29) is 5.41 Å². The van der Waals surface area contributed by atoms with Crippen LogP contribution >= 0.6 is 0 Å². The van der Waals surface area contributed by atoms with Crippen LogP contribution in [-0.2, 0) is 9.57 Å².